The highest BCUT2D eigenvalue weighted by Crippen LogP contribution is 2.47. The number of hydrogen-bond acceptors (Lipinski definition) is 19. The molecule has 0 atom stereocenters. The van der Waals surface area contributed by atoms with Crippen molar-refractivity contribution in [3.63, 3.8) is 0 Å². The Morgan fingerprint density at radius 3 is 1.65 bits per heavy atom. The molecule has 2 saturated heterocycles. The first-order chi connectivity index (χ1) is 44.2. The Hall–Kier alpha value is -6.61. The number of anilines is 1. The van der Waals surface area contributed by atoms with Crippen molar-refractivity contribution < 1.29 is 52.9 Å². The van der Waals surface area contributed by atoms with Crippen LogP contribution in [0.1, 0.15) is 162 Å². The highest BCUT2D eigenvalue weighted by molar-refractivity contribution is 7.23. The first-order valence-electron chi connectivity index (χ1n) is 32.7. The first-order valence-corrected chi connectivity index (χ1v) is 35.9. The van der Waals surface area contributed by atoms with Gasteiger partial charge in [0.05, 0.1) is 39.1 Å². The lowest BCUT2D eigenvalue weighted by Crippen LogP contribution is -2.47. The largest absolute Gasteiger partial charge is 0.478 e. The number of aromatic carboxylic acids is 1. The van der Waals surface area contributed by atoms with Gasteiger partial charge in [-0.2, -0.15) is 0 Å². The number of thiophene rings is 2. The van der Waals surface area contributed by atoms with Crippen LogP contribution in [0.2, 0.25) is 0 Å². The molecule has 5 amide bonds. The average molecular weight is 1370 g/mol. The van der Waals surface area contributed by atoms with Crippen LogP contribution in [0.25, 0.3) is 41.6 Å². The second-order valence-electron chi connectivity index (χ2n) is 28.2. The predicted molar refractivity (Wildman–Crippen MR) is 376 cm³/mol. The van der Waals surface area contributed by atoms with Crippen LogP contribution in [0.15, 0.2) is 36.4 Å². The number of Topliss-reactive ketones (excluding diaryl/α,β-unsaturated/α-hetero) is 1. The molecule has 10 rings (SSSR count). The maximum atomic E-state index is 13.3. The Morgan fingerprint density at radius 1 is 0.628 bits per heavy atom. The third kappa shape index (κ3) is 20.2. The zero-order valence-electron chi connectivity index (χ0n) is 57.5. The van der Waals surface area contributed by atoms with Crippen molar-refractivity contribution in [1.29, 1.82) is 0 Å². The molecule has 8 heterocycles. The zero-order valence-corrected chi connectivity index (χ0v) is 60.8. The van der Waals surface area contributed by atoms with Crippen molar-refractivity contribution in [1.82, 2.24) is 44.7 Å². The standard InChI is InChI=1S/C33H44N4O4S2.C31H40N4O7S2.C5H12N2/c1-21(2)8-7-9-23(38)19-27-29(24-12-13-37(20-28(24)42-27)32(40)41-33(3,4)5)30-34-25-18-22(10-11-26(25)43-30)31(39)36-16-14-35(6)15-17-36;1-17(2)35(29(40)42-31(6,7)8)14-12-23(36)33-26-24(25-32-20-15-18(27(37)38)9-10-21(20)43-25)19-11-13-34(16-22(19)44-26)28(39)41-30(3,4)5;1-7-4-2-6-3-5-7/h10-11,18,21H,7-9,12-17,19-20H2,1-6H3;9-10,15,17H,11-14,16H2,1-8H3,(H,33,36)(H,37,38);6H,2-5H2,1H3. The van der Waals surface area contributed by atoms with Gasteiger partial charge in [0, 0.05) is 129 Å². The number of carbonyl (C=O) groups is 7. The van der Waals surface area contributed by atoms with Crippen molar-refractivity contribution in [3.8, 4) is 21.1 Å². The minimum atomic E-state index is -1.04. The summed E-state index contributed by atoms with van der Waals surface area (Å²) in [7, 11) is 4.23. The van der Waals surface area contributed by atoms with Gasteiger partial charge in [0.25, 0.3) is 5.91 Å². The third-order valence-corrected chi connectivity index (χ3v) is 20.5. The summed E-state index contributed by atoms with van der Waals surface area (Å²) in [6.45, 7) is 34.5. The van der Waals surface area contributed by atoms with E-state index in [2.05, 4.69) is 48.4 Å². The fourth-order valence-corrected chi connectivity index (χ4v) is 16.0. The quantitative estimate of drug-likeness (QED) is 0.0810. The number of piperazine rings is 2. The summed E-state index contributed by atoms with van der Waals surface area (Å²) in [4.78, 5) is 114. The molecule has 0 spiro atoms. The number of carboxylic acid groups (broad SMARTS) is 1. The number of fused-ring (bicyclic) bond motifs is 4. The summed E-state index contributed by atoms with van der Waals surface area (Å²) in [5.74, 6) is -0.450. The van der Waals surface area contributed by atoms with E-state index in [1.807, 2.05) is 78.5 Å². The maximum Gasteiger partial charge on any atom is 0.410 e. The molecule has 0 aliphatic carbocycles. The van der Waals surface area contributed by atoms with Gasteiger partial charge in [-0.3, -0.25) is 14.4 Å². The van der Waals surface area contributed by atoms with Gasteiger partial charge in [0.2, 0.25) is 5.91 Å². The van der Waals surface area contributed by atoms with Gasteiger partial charge in [-0.15, -0.1) is 45.3 Å². The van der Waals surface area contributed by atoms with E-state index in [0.29, 0.717) is 78.9 Å². The monoisotopic (exact) mass is 1370 g/mol. The van der Waals surface area contributed by atoms with Crippen LogP contribution in [0.4, 0.5) is 19.4 Å². The Labute approximate surface area is 569 Å². The zero-order chi connectivity index (χ0) is 68.6. The van der Waals surface area contributed by atoms with E-state index in [1.165, 1.54) is 52.3 Å². The number of benzene rings is 2. The van der Waals surface area contributed by atoms with E-state index in [-0.39, 0.29) is 48.3 Å². The fourth-order valence-electron chi connectivity index (χ4n) is 11.1. The minimum Gasteiger partial charge on any atom is -0.478 e. The maximum absolute atomic E-state index is 13.3. The summed E-state index contributed by atoms with van der Waals surface area (Å²) in [5.41, 5.74) is 4.31. The van der Waals surface area contributed by atoms with E-state index in [9.17, 15) is 38.7 Å². The number of ether oxygens (including phenoxy) is 3. The summed E-state index contributed by atoms with van der Waals surface area (Å²) in [5, 5.41) is 17.9. The number of ketones is 1. The molecule has 4 aliphatic heterocycles. The number of carboxylic acids is 1. The molecular formula is C69H96N10O11S4. The third-order valence-electron chi connectivity index (χ3n) is 16.0. The fraction of sp³-hybridized carbons (Fsp3) is 0.580. The topological polar surface area (TPSA) is 237 Å². The number of aromatic nitrogens is 2. The predicted octanol–water partition coefficient (Wildman–Crippen LogP) is 13.2. The SMILES string of the molecule is CC(C)CCCC(=O)Cc1sc2c(c1-c1nc3cc(C(=O)N4CCN(C)CC4)ccc3s1)CCN(C(=O)OC(C)(C)C)C2.CC(C)N(CCC(=O)Nc1sc2c(c1-c1nc3cc(C(=O)O)ccc3s1)CCN(C(=O)OC(C)(C)C)C2)C(=O)OC(C)(C)C.CN1CCNCC1. The smallest absolute Gasteiger partial charge is 0.410 e. The van der Waals surface area contributed by atoms with Crippen LogP contribution in [0.5, 0.6) is 0 Å². The Balaban J connectivity index is 0.000000218. The molecular weight excluding hydrogens is 1270 g/mol. The molecule has 2 aromatic carbocycles. The van der Waals surface area contributed by atoms with Gasteiger partial charge in [0.15, 0.2) is 0 Å². The number of nitrogens with one attached hydrogen (secondary N) is 2. The number of likely N-dealkylation sites (N-methyl/N-ethyl adjacent to an activating group) is 2. The highest BCUT2D eigenvalue weighted by atomic mass is 32.1. The van der Waals surface area contributed by atoms with Gasteiger partial charge in [-0.25, -0.2) is 29.1 Å². The van der Waals surface area contributed by atoms with Crippen LogP contribution in [-0.2, 0) is 56.2 Å². The molecule has 2 fully saturated rings. The lowest BCUT2D eigenvalue weighted by molar-refractivity contribution is -0.118. The number of amides is 5. The first kappa shape index (κ1) is 73.2. The van der Waals surface area contributed by atoms with E-state index in [0.717, 1.165) is 103 Å². The van der Waals surface area contributed by atoms with Crippen LogP contribution >= 0.6 is 45.3 Å². The molecule has 0 radical (unpaired) electrons. The highest BCUT2D eigenvalue weighted by Gasteiger charge is 2.35. The number of nitrogens with zero attached hydrogens (tertiary/aromatic N) is 8. The lowest BCUT2D eigenvalue weighted by Gasteiger charge is -2.32. The van der Waals surface area contributed by atoms with E-state index >= 15 is 0 Å². The van der Waals surface area contributed by atoms with Gasteiger partial charge in [-0.1, -0.05) is 20.3 Å². The van der Waals surface area contributed by atoms with Crippen LogP contribution in [0.3, 0.4) is 0 Å². The summed E-state index contributed by atoms with van der Waals surface area (Å²) < 4.78 is 18.6. The molecule has 0 saturated carbocycles. The average Bonchev–Trinajstić information content (AvgIpc) is 1.62. The van der Waals surface area contributed by atoms with E-state index in [4.69, 9.17) is 24.2 Å². The van der Waals surface area contributed by atoms with Gasteiger partial charge >= 0.3 is 24.2 Å². The molecule has 21 nitrogen and oxygen atoms in total. The summed E-state index contributed by atoms with van der Waals surface area (Å²) >= 11 is 6.04. The summed E-state index contributed by atoms with van der Waals surface area (Å²) in [6.07, 6.45) is 2.96. The van der Waals surface area contributed by atoms with Crippen LogP contribution in [0, 0.1) is 5.92 Å². The molecule has 0 bridgehead atoms. The van der Waals surface area contributed by atoms with Gasteiger partial charge < -0.3 is 59.4 Å². The van der Waals surface area contributed by atoms with Crippen molar-refractivity contribution >= 4 is 113 Å². The Bertz CT molecular complexity index is 3680. The second kappa shape index (κ2) is 31.5. The molecule has 3 N–H and O–H groups in total. The summed E-state index contributed by atoms with van der Waals surface area (Å²) in [6, 6.07) is 10.5. The number of carbonyl (C=O) groups excluding carboxylic acids is 6. The Morgan fingerprint density at radius 2 is 1.14 bits per heavy atom. The van der Waals surface area contributed by atoms with Gasteiger partial charge in [-0.05, 0) is 163 Å². The van der Waals surface area contributed by atoms with Crippen LogP contribution < -0.4 is 10.6 Å². The van der Waals surface area contributed by atoms with E-state index < -0.39 is 35.0 Å². The van der Waals surface area contributed by atoms with Crippen molar-refractivity contribution in [2.75, 3.05) is 91.4 Å². The molecule has 25 heteroatoms. The Kier molecular flexibility index (Phi) is 24.5. The molecule has 94 heavy (non-hydrogen) atoms. The molecule has 0 unspecified atom stereocenters. The number of rotatable bonds is 15. The lowest BCUT2D eigenvalue weighted by atomic mass is 9.99. The number of thiazole rings is 2. The van der Waals surface area contributed by atoms with Gasteiger partial charge in [0.1, 0.15) is 37.6 Å². The minimum absolute atomic E-state index is 0.0469. The van der Waals surface area contributed by atoms with Crippen molar-refractivity contribution in [3.05, 3.63) is 73.3 Å². The van der Waals surface area contributed by atoms with E-state index in [1.54, 1.807) is 65.4 Å². The van der Waals surface area contributed by atoms with Crippen LogP contribution in [-0.4, -0.2) is 195 Å². The van der Waals surface area contributed by atoms with Crippen molar-refractivity contribution in [2.45, 2.75) is 171 Å². The normalized spacial score (nSPS) is 15.6. The molecule has 4 aromatic heterocycles. The molecule has 6 aromatic rings. The molecule has 512 valence electrons. The number of hydrogen-bond donors (Lipinski definition) is 3. The van der Waals surface area contributed by atoms with Crippen molar-refractivity contribution in [2.24, 2.45) is 5.92 Å². The second-order valence-corrected chi connectivity index (χ2v) is 32.6. The molecule has 4 aliphatic rings.